The molecule has 2 aromatic carbocycles. The van der Waals surface area contributed by atoms with Gasteiger partial charge in [0.2, 0.25) is 0 Å². The van der Waals surface area contributed by atoms with E-state index in [1.54, 1.807) is 41.7 Å². The van der Waals surface area contributed by atoms with E-state index in [-0.39, 0.29) is 12.0 Å². The van der Waals surface area contributed by atoms with Crippen LogP contribution >= 0.6 is 0 Å². The maximum absolute atomic E-state index is 12.5. The van der Waals surface area contributed by atoms with Gasteiger partial charge in [0.1, 0.15) is 23.2 Å². The summed E-state index contributed by atoms with van der Waals surface area (Å²) < 4.78 is 13.9. The summed E-state index contributed by atoms with van der Waals surface area (Å²) in [6.45, 7) is 7.25. The third-order valence-electron chi connectivity index (χ3n) is 6.72. The number of pyridine rings is 1. The molecule has 198 valence electrons. The number of nitriles is 1. The lowest BCUT2D eigenvalue weighted by molar-refractivity contribution is 0.0284. The lowest BCUT2D eigenvalue weighted by Crippen LogP contribution is -2.35. The van der Waals surface area contributed by atoms with E-state index >= 15 is 0 Å². The zero-order chi connectivity index (χ0) is 27.6. The summed E-state index contributed by atoms with van der Waals surface area (Å²) in [6, 6.07) is 19.0. The number of likely N-dealkylation sites (tertiary alicyclic amines) is 1. The van der Waals surface area contributed by atoms with Gasteiger partial charge >= 0.3 is 6.09 Å². The molecule has 1 aliphatic rings. The number of amides is 1. The minimum absolute atomic E-state index is 0.175. The third-order valence-corrected chi connectivity index (χ3v) is 6.72. The molecular formula is C31H30N4O4. The molecule has 4 aromatic rings. The number of fused-ring (bicyclic) bond motifs is 1. The molecule has 0 radical (unpaired) electrons. The molecule has 1 atom stereocenters. The second-order valence-corrected chi connectivity index (χ2v) is 10.7. The Balaban J connectivity index is 1.47. The van der Waals surface area contributed by atoms with Crippen LogP contribution in [0, 0.1) is 17.2 Å². The number of rotatable bonds is 6. The molecule has 2 aromatic heterocycles. The molecule has 3 heterocycles. The minimum atomic E-state index is -0.531. The zero-order valence-corrected chi connectivity index (χ0v) is 22.3. The van der Waals surface area contributed by atoms with Crippen molar-refractivity contribution in [1.29, 1.82) is 5.26 Å². The standard InChI is InChI=1S/C31H30N4O4/c1-31(2,3)39-30(37)34-13-12-23(17-34)19-38-28-14-26(24-8-4-21(15-32)5-9-24)29(35-20-33-16-27(28)35)25-10-6-22(18-36)7-11-25/h4-11,14,16,18,20,23H,12-13,17,19H2,1-3H3/t23-/m1/s1. The number of benzene rings is 2. The Morgan fingerprint density at radius 2 is 1.85 bits per heavy atom. The Morgan fingerprint density at radius 3 is 2.51 bits per heavy atom. The fourth-order valence-electron chi connectivity index (χ4n) is 4.80. The van der Waals surface area contributed by atoms with E-state index in [9.17, 15) is 14.9 Å². The normalized spacial score (nSPS) is 15.2. The van der Waals surface area contributed by atoms with Gasteiger partial charge in [-0.1, -0.05) is 36.4 Å². The fourth-order valence-corrected chi connectivity index (χ4v) is 4.80. The maximum Gasteiger partial charge on any atom is 0.410 e. The van der Waals surface area contributed by atoms with E-state index < -0.39 is 5.60 Å². The maximum atomic E-state index is 12.5. The highest BCUT2D eigenvalue weighted by molar-refractivity contribution is 5.87. The molecule has 1 saturated heterocycles. The van der Waals surface area contributed by atoms with Crippen LogP contribution in [-0.4, -0.2) is 52.0 Å². The van der Waals surface area contributed by atoms with Crippen LogP contribution in [0.25, 0.3) is 27.9 Å². The van der Waals surface area contributed by atoms with Crippen LogP contribution in [0.3, 0.4) is 0 Å². The Hall–Kier alpha value is -4.64. The number of carbonyl (C=O) groups is 2. The van der Waals surface area contributed by atoms with Crippen LogP contribution < -0.4 is 4.74 Å². The summed E-state index contributed by atoms with van der Waals surface area (Å²) in [5.41, 5.74) is 5.08. The van der Waals surface area contributed by atoms with E-state index in [0.29, 0.717) is 36.6 Å². The lowest BCUT2D eigenvalue weighted by Gasteiger charge is -2.24. The quantitative estimate of drug-likeness (QED) is 0.289. The number of aromatic nitrogens is 2. The van der Waals surface area contributed by atoms with Crippen LogP contribution in [0.5, 0.6) is 5.75 Å². The van der Waals surface area contributed by atoms with E-state index in [1.807, 2.05) is 55.5 Å². The van der Waals surface area contributed by atoms with E-state index in [2.05, 4.69) is 11.1 Å². The summed E-state index contributed by atoms with van der Waals surface area (Å²) in [4.78, 5) is 29.9. The number of hydrogen-bond acceptors (Lipinski definition) is 6. The Labute approximate surface area is 227 Å². The van der Waals surface area contributed by atoms with Gasteiger partial charge in [0.15, 0.2) is 0 Å². The van der Waals surface area contributed by atoms with Gasteiger partial charge in [-0.05, 0) is 56.5 Å². The number of carbonyl (C=O) groups excluding carboxylic acids is 2. The van der Waals surface area contributed by atoms with Gasteiger partial charge in [0.05, 0.1) is 36.5 Å². The predicted octanol–water partition coefficient (Wildman–Crippen LogP) is 5.99. The van der Waals surface area contributed by atoms with Gasteiger partial charge in [-0.3, -0.25) is 9.20 Å². The highest BCUT2D eigenvalue weighted by atomic mass is 16.6. The minimum Gasteiger partial charge on any atom is -0.491 e. The second-order valence-electron chi connectivity index (χ2n) is 10.7. The number of ether oxygens (including phenoxy) is 2. The first-order valence-electron chi connectivity index (χ1n) is 12.9. The number of imidazole rings is 1. The van der Waals surface area contributed by atoms with Crippen LogP contribution in [0.1, 0.15) is 43.1 Å². The molecule has 0 spiro atoms. The van der Waals surface area contributed by atoms with Crippen molar-refractivity contribution in [2.75, 3.05) is 19.7 Å². The van der Waals surface area contributed by atoms with E-state index in [0.717, 1.165) is 40.6 Å². The first-order valence-corrected chi connectivity index (χ1v) is 12.9. The molecule has 0 N–H and O–H groups in total. The highest BCUT2D eigenvalue weighted by Gasteiger charge is 2.30. The van der Waals surface area contributed by atoms with Crippen molar-refractivity contribution in [3.05, 3.63) is 78.2 Å². The molecule has 0 unspecified atom stereocenters. The molecule has 1 fully saturated rings. The van der Waals surface area contributed by atoms with Crippen molar-refractivity contribution in [2.24, 2.45) is 5.92 Å². The number of nitrogens with zero attached hydrogens (tertiary/aromatic N) is 4. The van der Waals surface area contributed by atoms with Gasteiger partial charge in [-0.15, -0.1) is 0 Å². The topological polar surface area (TPSA) is 96.9 Å². The molecule has 8 heteroatoms. The smallest absolute Gasteiger partial charge is 0.410 e. The van der Waals surface area contributed by atoms with Gasteiger partial charge in [0.25, 0.3) is 0 Å². The summed E-state index contributed by atoms with van der Waals surface area (Å²) in [5.74, 6) is 0.852. The van der Waals surface area contributed by atoms with Gasteiger partial charge < -0.3 is 14.4 Å². The number of aldehydes is 1. The van der Waals surface area contributed by atoms with Crippen LogP contribution in [0.4, 0.5) is 4.79 Å². The molecule has 1 amide bonds. The summed E-state index contributed by atoms with van der Waals surface area (Å²) in [6.07, 6.45) is 4.87. The van der Waals surface area contributed by atoms with Crippen molar-refractivity contribution in [3.8, 4) is 34.2 Å². The average molecular weight is 523 g/mol. The van der Waals surface area contributed by atoms with Crippen molar-refractivity contribution < 1.29 is 19.1 Å². The van der Waals surface area contributed by atoms with E-state index in [4.69, 9.17) is 9.47 Å². The highest BCUT2D eigenvalue weighted by Crippen LogP contribution is 2.38. The second kappa shape index (κ2) is 10.6. The van der Waals surface area contributed by atoms with Crippen molar-refractivity contribution in [1.82, 2.24) is 14.3 Å². The third kappa shape index (κ3) is 5.63. The van der Waals surface area contributed by atoms with Gasteiger partial charge in [-0.2, -0.15) is 5.26 Å². The molecule has 8 nitrogen and oxygen atoms in total. The monoisotopic (exact) mass is 522 g/mol. The molecule has 0 bridgehead atoms. The molecular weight excluding hydrogens is 492 g/mol. The van der Waals surface area contributed by atoms with Crippen LogP contribution in [0.2, 0.25) is 0 Å². The zero-order valence-electron chi connectivity index (χ0n) is 22.3. The fraction of sp³-hybridized carbons (Fsp3) is 0.290. The largest absolute Gasteiger partial charge is 0.491 e. The molecule has 5 rings (SSSR count). The summed E-state index contributed by atoms with van der Waals surface area (Å²) in [7, 11) is 0. The molecule has 0 aliphatic carbocycles. The van der Waals surface area contributed by atoms with E-state index in [1.165, 1.54) is 0 Å². The first-order chi connectivity index (χ1) is 18.8. The molecule has 1 aliphatic heterocycles. The summed E-state index contributed by atoms with van der Waals surface area (Å²) >= 11 is 0. The SMILES string of the molecule is CC(C)(C)OC(=O)N1CC[C@@H](COc2cc(-c3ccc(C#N)cc3)c(-c3ccc(C=O)cc3)n3cncc23)C1. The van der Waals surface area contributed by atoms with Crippen molar-refractivity contribution in [3.63, 3.8) is 0 Å². The van der Waals surface area contributed by atoms with Crippen molar-refractivity contribution in [2.45, 2.75) is 32.8 Å². The first kappa shape index (κ1) is 26.0. The Kier molecular flexibility index (Phi) is 7.07. The molecule has 39 heavy (non-hydrogen) atoms. The summed E-state index contributed by atoms with van der Waals surface area (Å²) in [5, 5.41) is 9.28. The van der Waals surface area contributed by atoms with Crippen molar-refractivity contribution >= 4 is 17.9 Å². The van der Waals surface area contributed by atoms with Gasteiger partial charge in [-0.25, -0.2) is 9.78 Å². The van der Waals surface area contributed by atoms with Crippen LogP contribution in [-0.2, 0) is 4.74 Å². The number of hydrogen-bond donors (Lipinski definition) is 0. The lowest BCUT2D eigenvalue weighted by atomic mass is 9.97. The predicted molar refractivity (Wildman–Crippen MR) is 148 cm³/mol. The molecule has 0 saturated carbocycles. The average Bonchev–Trinajstić information content (AvgIpc) is 3.61. The van der Waals surface area contributed by atoms with Crippen LogP contribution in [0.15, 0.2) is 67.1 Å². The Morgan fingerprint density at radius 1 is 1.13 bits per heavy atom. The van der Waals surface area contributed by atoms with Gasteiger partial charge in [0, 0.05) is 30.1 Å². The Bertz CT molecular complexity index is 1540.